The van der Waals surface area contributed by atoms with Crippen LogP contribution in [-0.2, 0) is 0 Å². The fourth-order valence-corrected chi connectivity index (χ4v) is 3.05. The summed E-state index contributed by atoms with van der Waals surface area (Å²) < 4.78 is 18.7. The zero-order valence-electron chi connectivity index (χ0n) is 16.3. The van der Waals surface area contributed by atoms with Crippen LogP contribution >= 0.6 is 0 Å². The highest BCUT2D eigenvalue weighted by molar-refractivity contribution is 6.04. The van der Waals surface area contributed by atoms with Gasteiger partial charge in [0.2, 0.25) is 0 Å². The number of nitrogens with zero attached hydrogens (tertiary/aromatic N) is 1. The normalized spacial score (nSPS) is 10.9. The van der Waals surface area contributed by atoms with Crippen LogP contribution in [0.25, 0.3) is 10.8 Å². The first-order chi connectivity index (χ1) is 15.1. The van der Waals surface area contributed by atoms with Crippen LogP contribution in [0.2, 0.25) is 0 Å². The number of carbonyl (C=O) groups is 2. The van der Waals surface area contributed by atoms with E-state index in [4.69, 9.17) is 4.74 Å². The summed E-state index contributed by atoms with van der Waals surface area (Å²) >= 11 is 0. The first kappa shape index (κ1) is 20.0. The Morgan fingerprint density at radius 3 is 2.29 bits per heavy atom. The largest absolute Gasteiger partial charge is 0.422 e. The standard InChI is InChI=1S/C25H17FN2O3/c26-20-13-10-18(11-14-20)24(29)28-27-16-22-21-9-5-4-6-17(21)12-15-23(22)31-25(30)19-7-2-1-3-8-19/h1-16H,(H,28,29)/b27-16+. The predicted octanol–water partition coefficient (Wildman–Crippen LogP) is 4.96. The Hall–Kier alpha value is -4.32. The molecule has 4 aromatic carbocycles. The molecule has 0 aliphatic heterocycles. The number of esters is 1. The zero-order valence-corrected chi connectivity index (χ0v) is 16.3. The van der Waals surface area contributed by atoms with Crippen molar-refractivity contribution in [3.05, 3.63) is 114 Å². The second kappa shape index (κ2) is 9.00. The lowest BCUT2D eigenvalue weighted by Crippen LogP contribution is -2.17. The minimum atomic E-state index is -0.499. The van der Waals surface area contributed by atoms with Crippen LogP contribution in [0.4, 0.5) is 4.39 Å². The van der Waals surface area contributed by atoms with E-state index in [1.807, 2.05) is 36.4 Å². The third-order valence-electron chi connectivity index (χ3n) is 4.61. The Kier molecular flexibility index (Phi) is 5.80. The van der Waals surface area contributed by atoms with Gasteiger partial charge in [0.05, 0.1) is 11.8 Å². The molecule has 4 rings (SSSR count). The molecule has 1 amide bonds. The van der Waals surface area contributed by atoms with E-state index in [0.717, 1.165) is 10.8 Å². The van der Waals surface area contributed by atoms with E-state index >= 15 is 0 Å². The minimum Gasteiger partial charge on any atom is -0.422 e. The van der Waals surface area contributed by atoms with Crippen molar-refractivity contribution in [3.8, 4) is 5.75 Å². The maximum atomic E-state index is 13.0. The van der Waals surface area contributed by atoms with Gasteiger partial charge >= 0.3 is 5.97 Å². The Morgan fingerprint density at radius 1 is 0.806 bits per heavy atom. The van der Waals surface area contributed by atoms with Crippen LogP contribution in [-0.4, -0.2) is 18.1 Å². The minimum absolute atomic E-state index is 0.271. The van der Waals surface area contributed by atoms with Gasteiger partial charge in [0.1, 0.15) is 11.6 Å². The molecular weight excluding hydrogens is 395 g/mol. The summed E-state index contributed by atoms with van der Waals surface area (Å²) in [6.45, 7) is 0. The highest BCUT2D eigenvalue weighted by atomic mass is 19.1. The molecule has 0 bridgehead atoms. The number of nitrogens with one attached hydrogen (secondary N) is 1. The number of halogens is 1. The number of rotatable bonds is 5. The van der Waals surface area contributed by atoms with Crippen LogP contribution in [0.5, 0.6) is 5.75 Å². The molecule has 0 atom stereocenters. The molecule has 152 valence electrons. The Morgan fingerprint density at radius 2 is 1.52 bits per heavy atom. The van der Waals surface area contributed by atoms with E-state index in [1.54, 1.807) is 30.3 Å². The monoisotopic (exact) mass is 412 g/mol. The van der Waals surface area contributed by atoms with Gasteiger partial charge < -0.3 is 4.74 Å². The van der Waals surface area contributed by atoms with E-state index in [0.29, 0.717) is 16.9 Å². The number of hydrazone groups is 1. The molecule has 0 radical (unpaired) electrons. The number of amides is 1. The lowest BCUT2D eigenvalue weighted by Gasteiger charge is -2.10. The summed E-state index contributed by atoms with van der Waals surface area (Å²) in [5.74, 6) is -1.10. The van der Waals surface area contributed by atoms with Gasteiger partial charge in [-0.25, -0.2) is 14.6 Å². The Labute approximate surface area is 177 Å². The maximum Gasteiger partial charge on any atom is 0.343 e. The molecule has 6 heteroatoms. The average molecular weight is 412 g/mol. The maximum absolute atomic E-state index is 13.0. The van der Waals surface area contributed by atoms with Gasteiger partial charge in [-0.2, -0.15) is 5.10 Å². The van der Waals surface area contributed by atoms with Crippen molar-refractivity contribution in [1.82, 2.24) is 5.43 Å². The number of hydrogen-bond donors (Lipinski definition) is 1. The van der Waals surface area contributed by atoms with Gasteiger partial charge in [-0.15, -0.1) is 0 Å². The first-order valence-electron chi connectivity index (χ1n) is 9.50. The van der Waals surface area contributed by atoms with Crippen molar-refractivity contribution in [3.63, 3.8) is 0 Å². The summed E-state index contributed by atoms with van der Waals surface area (Å²) in [7, 11) is 0. The van der Waals surface area contributed by atoms with Crippen molar-refractivity contribution in [2.45, 2.75) is 0 Å². The summed E-state index contributed by atoms with van der Waals surface area (Å²) in [6.07, 6.45) is 1.43. The van der Waals surface area contributed by atoms with E-state index in [9.17, 15) is 14.0 Å². The SMILES string of the molecule is O=C(N/N=C/c1c(OC(=O)c2ccccc2)ccc2ccccc12)c1ccc(F)cc1. The number of hydrogen-bond acceptors (Lipinski definition) is 4. The van der Waals surface area contributed by atoms with Crippen molar-refractivity contribution < 1.29 is 18.7 Å². The lowest BCUT2D eigenvalue weighted by molar-refractivity contribution is 0.0734. The molecule has 0 spiro atoms. The molecule has 0 aromatic heterocycles. The molecule has 0 fully saturated rings. The quantitative estimate of drug-likeness (QED) is 0.218. The zero-order chi connectivity index (χ0) is 21.6. The van der Waals surface area contributed by atoms with Crippen LogP contribution < -0.4 is 10.2 Å². The van der Waals surface area contributed by atoms with Gasteiger partial charge in [-0.3, -0.25) is 4.79 Å². The Balaban J connectivity index is 1.62. The third kappa shape index (κ3) is 4.64. The fraction of sp³-hybridized carbons (Fsp3) is 0. The first-order valence-corrected chi connectivity index (χ1v) is 9.50. The summed E-state index contributed by atoms with van der Waals surface area (Å²) in [5.41, 5.74) is 3.64. The van der Waals surface area contributed by atoms with E-state index in [-0.39, 0.29) is 5.56 Å². The van der Waals surface area contributed by atoms with Crippen molar-refractivity contribution in [2.24, 2.45) is 5.10 Å². The fourth-order valence-electron chi connectivity index (χ4n) is 3.05. The number of ether oxygens (including phenoxy) is 1. The Bertz CT molecular complexity index is 1270. The van der Waals surface area contributed by atoms with Crippen LogP contribution in [0.1, 0.15) is 26.3 Å². The highest BCUT2D eigenvalue weighted by Gasteiger charge is 2.13. The second-order valence-corrected chi connectivity index (χ2v) is 6.66. The molecule has 31 heavy (non-hydrogen) atoms. The van der Waals surface area contributed by atoms with Gasteiger partial charge in [0, 0.05) is 11.1 Å². The van der Waals surface area contributed by atoms with Crippen molar-refractivity contribution in [2.75, 3.05) is 0 Å². The topological polar surface area (TPSA) is 67.8 Å². The molecule has 0 saturated heterocycles. The molecule has 0 heterocycles. The smallest absolute Gasteiger partial charge is 0.343 e. The highest BCUT2D eigenvalue weighted by Crippen LogP contribution is 2.27. The lowest BCUT2D eigenvalue weighted by atomic mass is 10.0. The van der Waals surface area contributed by atoms with Gasteiger partial charge in [0.15, 0.2) is 0 Å². The molecule has 0 unspecified atom stereocenters. The predicted molar refractivity (Wildman–Crippen MR) is 117 cm³/mol. The average Bonchev–Trinajstić information content (AvgIpc) is 2.81. The van der Waals surface area contributed by atoms with Gasteiger partial charge in [0.25, 0.3) is 5.91 Å². The summed E-state index contributed by atoms with van der Waals surface area (Å²) in [5, 5.41) is 5.75. The van der Waals surface area contributed by atoms with E-state index in [2.05, 4.69) is 10.5 Å². The van der Waals surface area contributed by atoms with Gasteiger partial charge in [-0.1, -0.05) is 48.5 Å². The van der Waals surface area contributed by atoms with Crippen LogP contribution in [0.3, 0.4) is 0 Å². The molecule has 4 aromatic rings. The molecular formula is C25H17FN2O3. The summed E-state index contributed by atoms with van der Waals surface area (Å²) in [4.78, 5) is 24.8. The van der Waals surface area contributed by atoms with Gasteiger partial charge in [-0.05, 0) is 53.2 Å². The molecule has 0 aliphatic rings. The molecule has 5 nitrogen and oxygen atoms in total. The molecule has 0 saturated carbocycles. The summed E-state index contributed by atoms with van der Waals surface area (Å²) in [6, 6.07) is 24.9. The number of benzene rings is 4. The number of carbonyl (C=O) groups excluding carboxylic acids is 2. The van der Waals surface area contributed by atoms with Crippen molar-refractivity contribution >= 4 is 28.9 Å². The van der Waals surface area contributed by atoms with Crippen LogP contribution in [0.15, 0.2) is 96.1 Å². The van der Waals surface area contributed by atoms with Crippen LogP contribution in [0, 0.1) is 5.82 Å². The number of fused-ring (bicyclic) bond motifs is 1. The van der Waals surface area contributed by atoms with E-state index < -0.39 is 17.7 Å². The third-order valence-corrected chi connectivity index (χ3v) is 4.61. The molecule has 1 N–H and O–H groups in total. The second-order valence-electron chi connectivity index (χ2n) is 6.66. The van der Waals surface area contributed by atoms with Crippen molar-refractivity contribution in [1.29, 1.82) is 0 Å². The van der Waals surface area contributed by atoms with E-state index in [1.165, 1.54) is 30.5 Å². The molecule has 0 aliphatic carbocycles.